The molecule has 27 heavy (non-hydrogen) atoms. The molecule has 0 bridgehead atoms. The van der Waals surface area contributed by atoms with Crippen molar-refractivity contribution in [3.05, 3.63) is 40.2 Å². The zero-order chi connectivity index (χ0) is 18.7. The van der Waals surface area contributed by atoms with Crippen molar-refractivity contribution in [1.29, 1.82) is 0 Å². The van der Waals surface area contributed by atoms with E-state index in [0.717, 1.165) is 40.5 Å². The van der Waals surface area contributed by atoms with Gasteiger partial charge in [-0.15, -0.1) is 10.2 Å². The molecule has 2 atom stereocenters. The second-order valence-corrected chi connectivity index (χ2v) is 7.83. The summed E-state index contributed by atoms with van der Waals surface area (Å²) in [7, 11) is 3.61. The van der Waals surface area contributed by atoms with Crippen molar-refractivity contribution in [3.8, 4) is 17.3 Å². The van der Waals surface area contributed by atoms with Gasteiger partial charge in [0.25, 0.3) is 0 Å². The Balaban J connectivity index is 1.48. The molecule has 2 unspecified atom stereocenters. The highest BCUT2D eigenvalue weighted by Gasteiger charge is 2.43. The van der Waals surface area contributed by atoms with Gasteiger partial charge in [0.2, 0.25) is 5.88 Å². The highest BCUT2D eigenvalue weighted by Crippen LogP contribution is 2.56. The summed E-state index contributed by atoms with van der Waals surface area (Å²) in [6.07, 6.45) is 1.10. The van der Waals surface area contributed by atoms with E-state index in [-0.39, 0.29) is 0 Å². The summed E-state index contributed by atoms with van der Waals surface area (Å²) in [5.41, 5.74) is 4.81. The average Bonchev–Trinajstić information content (AvgIpc) is 2.98. The van der Waals surface area contributed by atoms with Crippen LogP contribution in [0.25, 0.3) is 17.0 Å². The van der Waals surface area contributed by atoms with E-state index in [2.05, 4.69) is 20.6 Å². The van der Waals surface area contributed by atoms with Gasteiger partial charge in [-0.3, -0.25) is 4.68 Å². The number of methoxy groups -OCH3 is 1. The lowest BCUT2D eigenvalue weighted by atomic mass is 10.1. The predicted molar refractivity (Wildman–Crippen MR) is 101 cm³/mol. The van der Waals surface area contributed by atoms with E-state index in [1.165, 1.54) is 16.4 Å². The summed E-state index contributed by atoms with van der Waals surface area (Å²) in [4.78, 5) is 1.26. The molecule has 0 amide bonds. The van der Waals surface area contributed by atoms with Gasteiger partial charge in [0.15, 0.2) is 11.5 Å². The minimum absolute atomic E-state index is 0.427. The Morgan fingerprint density at radius 1 is 1.11 bits per heavy atom. The Labute approximate surface area is 160 Å². The van der Waals surface area contributed by atoms with Gasteiger partial charge >= 0.3 is 0 Å². The van der Waals surface area contributed by atoms with Crippen LogP contribution in [0.2, 0.25) is 0 Å². The predicted octanol–water partition coefficient (Wildman–Crippen LogP) is 2.88. The minimum atomic E-state index is 0.427. The molecular weight excluding hydrogens is 362 g/mol. The zero-order valence-corrected chi connectivity index (χ0v) is 16.4. The molecule has 1 saturated carbocycles. The smallest absolute Gasteiger partial charge is 0.225 e. The summed E-state index contributed by atoms with van der Waals surface area (Å²) in [6, 6.07) is 6.23. The Morgan fingerprint density at radius 2 is 1.96 bits per heavy atom. The summed E-state index contributed by atoms with van der Waals surface area (Å²) in [5, 5.41) is 17.8. The standard InChI is InChI=1S/C18H19N7OS/c1-9-5-14(22-25-10(2)19-20-18(9)25)15-7-13(21-24(15)3)11-6-12(11)16-8-17(26-4)23-27-16/h5,7-8,11-12H,6H2,1-4H3. The molecule has 0 radical (unpaired) electrons. The van der Waals surface area contributed by atoms with Crippen LogP contribution in [-0.2, 0) is 7.05 Å². The molecule has 9 heteroatoms. The van der Waals surface area contributed by atoms with Crippen molar-refractivity contribution in [2.45, 2.75) is 32.1 Å². The third kappa shape index (κ3) is 2.61. The van der Waals surface area contributed by atoms with Gasteiger partial charge in [0.1, 0.15) is 5.69 Å². The summed E-state index contributed by atoms with van der Waals surface area (Å²) >= 11 is 1.52. The third-order valence-electron chi connectivity index (χ3n) is 5.12. The van der Waals surface area contributed by atoms with E-state index < -0.39 is 0 Å². The lowest BCUT2D eigenvalue weighted by Crippen LogP contribution is -2.02. The Kier molecular flexibility index (Phi) is 3.55. The van der Waals surface area contributed by atoms with Gasteiger partial charge in [0.05, 0.1) is 18.5 Å². The fourth-order valence-corrected chi connectivity index (χ4v) is 4.42. The highest BCUT2D eigenvalue weighted by molar-refractivity contribution is 7.06. The van der Waals surface area contributed by atoms with Gasteiger partial charge < -0.3 is 4.74 Å². The quantitative estimate of drug-likeness (QED) is 0.540. The van der Waals surface area contributed by atoms with Crippen molar-refractivity contribution in [2.75, 3.05) is 7.11 Å². The molecule has 0 aliphatic heterocycles. The van der Waals surface area contributed by atoms with Gasteiger partial charge in [-0.25, -0.2) is 0 Å². The van der Waals surface area contributed by atoms with E-state index in [4.69, 9.17) is 14.9 Å². The summed E-state index contributed by atoms with van der Waals surface area (Å²) in [6.45, 7) is 3.93. The largest absolute Gasteiger partial charge is 0.480 e. The highest BCUT2D eigenvalue weighted by atomic mass is 32.1. The van der Waals surface area contributed by atoms with Crippen molar-refractivity contribution < 1.29 is 4.74 Å². The maximum atomic E-state index is 5.20. The van der Waals surface area contributed by atoms with E-state index in [1.807, 2.05) is 37.7 Å². The van der Waals surface area contributed by atoms with E-state index in [0.29, 0.717) is 17.7 Å². The first-order valence-corrected chi connectivity index (χ1v) is 9.57. The molecule has 4 aromatic rings. The lowest BCUT2D eigenvalue weighted by Gasteiger charge is -2.04. The van der Waals surface area contributed by atoms with Gasteiger partial charge in [-0.2, -0.15) is 19.1 Å². The van der Waals surface area contributed by atoms with Crippen molar-refractivity contribution in [1.82, 2.24) is 34.0 Å². The molecule has 0 spiro atoms. The summed E-state index contributed by atoms with van der Waals surface area (Å²) < 4.78 is 13.2. The SMILES string of the molecule is COc1cc(C2CC2c2cc(-c3cc(C)c4nnc(C)n4n3)n(C)n2)sn1. The Bertz CT molecular complexity index is 1160. The molecule has 8 nitrogen and oxygen atoms in total. The number of hydrogen-bond acceptors (Lipinski definition) is 7. The molecule has 4 heterocycles. The van der Waals surface area contributed by atoms with Crippen LogP contribution in [0.3, 0.4) is 0 Å². The first-order valence-electron chi connectivity index (χ1n) is 8.79. The first kappa shape index (κ1) is 16.4. The maximum Gasteiger partial charge on any atom is 0.225 e. The molecule has 5 rings (SSSR count). The molecule has 1 fully saturated rings. The van der Waals surface area contributed by atoms with Gasteiger partial charge in [-0.1, -0.05) is 0 Å². The molecule has 0 N–H and O–H groups in total. The van der Waals surface area contributed by atoms with Crippen molar-refractivity contribution >= 4 is 17.2 Å². The van der Waals surface area contributed by atoms with Crippen molar-refractivity contribution in [2.24, 2.45) is 7.05 Å². The van der Waals surface area contributed by atoms with Crippen LogP contribution in [0.4, 0.5) is 0 Å². The van der Waals surface area contributed by atoms with Crippen LogP contribution in [0.5, 0.6) is 5.88 Å². The maximum absolute atomic E-state index is 5.20. The molecule has 138 valence electrons. The number of nitrogens with zero attached hydrogens (tertiary/aromatic N) is 7. The fraction of sp³-hybridized carbons (Fsp3) is 0.389. The number of rotatable bonds is 4. The second-order valence-electron chi connectivity index (χ2n) is 6.99. The number of fused-ring (bicyclic) bond motifs is 1. The molecule has 0 saturated heterocycles. The van der Waals surface area contributed by atoms with Gasteiger partial charge in [0, 0.05) is 29.8 Å². The third-order valence-corrected chi connectivity index (χ3v) is 6.03. The van der Waals surface area contributed by atoms with Crippen LogP contribution < -0.4 is 4.74 Å². The second kappa shape index (κ2) is 5.85. The van der Waals surface area contributed by atoms with E-state index >= 15 is 0 Å². The average molecular weight is 381 g/mol. The number of ether oxygens (including phenoxy) is 1. The zero-order valence-electron chi connectivity index (χ0n) is 15.5. The molecule has 0 aromatic carbocycles. The van der Waals surface area contributed by atoms with Crippen LogP contribution in [0.1, 0.15) is 40.2 Å². The Morgan fingerprint density at radius 3 is 2.74 bits per heavy atom. The van der Waals surface area contributed by atoms with Crippen LogP contribution in [0, 0.1) is 13.8 Å². The number of hydrogen-bond donors (Lipinski definition) is 0. The first-order chi connectivity index (χ1) is 13.0. The molecular formula is C18H19N7OS. The topological polar surface area (TPSA) is 83.0 Å². The van der Waals surface area contributed by atoms with Crippen LogP contribution in [-0.4, -0.2) is 41.1 Å². The van der Waals surface area contributed by atoms with E-state index in [9.17, 15) is 0 Å². The summed E-state index contributed by atoms with van der Waals surface area (Å²) in [5.74, 6) is 2.38. The monoisotopic (exact) mass is 381 g/mol. The van der Waals surface area contributed by atoms with E-state index in [1.54, 1.807) is 11.6 Å². The molecule has 1 aliphatic carbocycles. The van der Waals surface area contributed by atoms with Crippen LogP contribution >= 0.6 is 11.5 Å². The minimum Gasteiger partial charge on any atom is -0.480 e. The van der Waals surface area contributed by atoms with Crippen molar-refractivity contribution in [3.63, 3.8) is 0 Å². The fourth-order valence-electron chi connectivity index (χ4n) is 3.54. The molecule has 1 aliphatic rings. The normalized spacial score (nSPS) is 19.0. The number of aromatic nitrogens is 7. The van der Waals surface area contributed by atoms with Crippen LogP contribution in [0.15, 0.2) is 18.2 Å². The Hall–Kier alpha value is -2.81. The van der Waals surface area contributed by atoms with Gasteiger partial charge in [-0.05, 0) is 49.5 Å². The molecule has 4 aromatic heterocycles. The number of aryl methyl sites for hydroxylation is 3. The lowest BCUT2D eigenvalue weighted by molar-refractivity contribution is 0.402.